The number of nitrogens with one attached hydrogen (secondary N) is 1. The molecule has 0 fully saturated rings. The van der Waals surface area contributed by atoms with Gasteiger partial charge in [-0.2, -0.15) is 0 Å². The van der Waals surface area contributed by atoms with E-state index in [0.717, 1.165) is 12.8 Å². The van der Waals surface area contributed by atoms with Crippen LogP contribution in [0.3, 0.4) is 0 Å². The summed E-state index contributed by atoms with van der Waals surface area (Å²) in [5.41, 5.74) is 6.43. The summed E-state index contributed by atoms with van der Waals surface area (Å²) in [6, 6.07) is 5.21. The number of aryl methyl sites for hydroxylation is 1. The van der Waals surface area contributed by atoms with Gasteiger partial charge in [0, 0.05) is 6.04 Å². The Kier molecular flexibility index (Phi) is 4.97. The summed E-state index contributed by atoms with van der Waals surface area (Å²) in [6.07, 6.45) is 1.72. The summed E-state index contributed by atoms with van der Waals surface area (Å²) in [5.74, 6) is -0.188. The molecule has 4 heteroatoms. The van der Waals surface area contributed by atoms with Crippen molar-refractivity contribution < 1.29 is 9.90 Å². The van der Waals surface area contributed by atoms with Gasteiger partial charge in [-0.15, -0.1) is 0 Å². The molecule has 1 aromatic carbocycles. The fourth-order valence-electron chi connectivity index (χ4n) is 1.64. The van der Waals surface area contributed by atoms with Crippen molar-refractivity contribution in [1.29, 1.82) is 0 Å². The van der Waals surface area contributed by atoms with E-state index in [-0.39, 0.29) is 17.7 Å². The number of hydrogen-bond acceptors (Lipinski definition) is 3. The van der Waals surface area contributed by atoms with Crippen LogP contribution in [-0.2, 0) is 0 Å². The van der Waals surface area contributed by atoms with Crippen molar-refractivity contribution in [3.63, 3.8) is 0 Å². The van der Waals surface area contributed by atoms with Gasteiger partial charge in [0.15, 0.2) is 0 Å². The van der Waals surface area contributed by atoms with Crippen molar-refractivity contribution in [1.82, 2.24) is 5.32 Å². The van der Waals surface area contributed by atoms with Gasteiger partial charge in [-0.05, 0) is 44.9 Å². The number of phenolic OH excluding ortho intramolecular Hbond substituents is 1. The lowest BCUT2D eigenvalue weighted by atomic mass is 10.1. The van der Waals surface area contributed by atoms with Gasteiger partial charge >= 0.3 is 0 Å². The van der Waals surface area contributed by atoms with Crippen molar-refractivity contribution in [3.8, 4) is 5.75 Å². The molecule has 0 aliphatic heterocycles. The third-order valence-electron chi connectivity index (χ3n) is 2.70. The Morgan fingerprint density at radius 2 is 2.24 bits per heavy atom. The highest BCUT2D eigenvalue weighted by molar-refractivity contribution is 5.97. The Bertz CT molecular complexity index is 391. The number of rotatable bonds is 5. The Hall–Kier alpha value is -1.55. The molecule has 1 rings (SSSR count). The van der Waals surface area contributed by atoms with Crippen molar-refractivity contribution in [2.45, 2.75) is 32.7 Å². The van der Waals surface area contributed by atoms with Crippen LogP contribution in [0.25, 0.3) is 0 Å². The standard InChI is InChI=1S/C13H20N2O2/c1-9-5-3-7-11(12(9)16)13(17)15-10(2)6-4-8-14/h3,5,7,10,16H,4,6,8,14H2,1-2H3,(H,15,17). The Morgan fingerprint density at radius 1 is 1.53 bits per heavy atom. The first-order valence-corrected chi connectivity index (χ1v) is 5.85. The number of aromatic hydroxyl groups is 1. The number of carbonyl (C=O) groups excluding carboxylic acids is 1. The zero-order valence-electron chi connectivity index (χ0n) is 10.4. The smallest absolute Gasteiger partial charge is 0.255 e. The molecule has 94 valence electrons. The van der Waals surface area contributed by atoms with E-state index in [9.17, 15) is 9.90 Å². The molecular weight excluding hydrogens is 216 g/mol. The summed E-state index contributed by atoms with van der Waals surface area (Å²) in [7, 11) is 0. The SMILES string of the molecule is Cc1cccc(C(=O)NC(C)CCCN)c1O. The van der Waals surface area contributed by atoms with Crippen molar-refractivity contribution in [3.05, 3.63) is 29.3 Å². The molecule has 0 radical (unpaired) electrons. The second-order valence-electron chi connectivity index (χ2n) is 4.28. The van der Waals surface area contributed by atoms with Crippen LogP contribution in [0, 0.1) is 6.92 Å². The second kappa shape index (κ2) is 6.25. The van der Waals surface area contributed by atoms with E-state index in [1.165, 1.54) is 0 Å². The molecular formula is C13H20N2O2. The first-order chi connectivity index (χ1) is 8.06. The molecule has 1 atom stereocenters. The van der Waals surface area contributed by atoms with Crippen LogP contribution in [0.5, 0.6) is 5.75 Å². The largest absolute Gasteiger partial charge is 0.507 e. The molecule has 4 nitrogen and oxygen atoms in total. The number of hydrogen-bond donors (Lipinski definition) is 3. The van der Waals surface area contributed by atoms with Crippen molar-refractivity contribution in [2.75, 3.05) is 6.54 Å². The highest BCUT2D eigenvalue weighted by Gasteiger charge is 2.14. The first kappa shape index (κ1) is 13.5. The summed E-state index contributed by atoms with van der Waals surface area (Å²) in [6.45, 7) is 4.32. The number of amides is 1. The fourth-order valence-corrected chi connectivity index (χ4v) is 1.64. The normalized spacial score (nSPS) is 12.2. The number of benzene rings is 1. The number of nitrogens with two attached hydrogens (primary N) is 1. The summed E-state index contributed by atoms with van der Waals surface area (Å²) in [4.78, 5) is 11.9. The predicted molar refractivity (Wildman–Crippen MR) is 68.1 cm³/mol. The average Bonchev–Trinajstić information content (AvgIpc) is 2.29. The Balaban J connectivity index is 2.67. The molecule has 1 amide bonds. The van der Waals surface area contributed by atoms with Gasteiger partial charge in [-0.25, -0.2) is 0 Å². The maximum absolute atomic E-state index is 11.9. The van der Waals surface area contributed by atoms with Crippen LogP contribution in [-0.4, -0.2) is 23.6 Å². The van der Waals surface area contributed by atoms with E-state index < -0.39 is 0 Å². The van der Waals surface area contributed by atoms with Crippen LogP contribution < -0.4 is 11.1 Å². The summed E-state index contributed by atoms with van der Waals surface area (Å²) >= 11 is 0. The van der Waals surface area contributed by atoms with Crippen molar-refractivity contribution in [2.24, 2.45) is 5.73 Å². The number of para-hydroxylation sites is 1. The minimum Gasteiger partial charge on any atom is -0.507 e. The number of phenols is 1. The molecule has 1 unspecified atom stereocenters. The molecule has 0 spiro atoms. The molecule has 0 aliphatic rings. The molecule has 0 heterocycles. The topological polar surface area (TPSA) is 75.4 Å². The van der Waals surface area contributed by atoms with E-state index in [2.05, 4.69) is 5.32 Å². The van der Waals surface area contributed by atoms with Crippen LogP contribution in [0.1, 0.15) is 35.7 Å². The second-order valence-corrected chi connectivity index (χ2v) is 4.28. The quantitative estimate of drug-likeness (QED) is 0.726. The van der Waals surface area contributed by atoms with E-state index in [4.69, 9.17) is 5.73 Å². The van der Waals surface area contributed by atoms with Crippen LogP contribution in [0.2, 0.25) is 0 Å². The van der Waals surface area contributed by atoms with Gasteiger partial charge < -0.3 is 16.2 Å². The van der Waals surface area contributed by atoms with Crippen LogP contribution in [0.15, 0.2) is 18.2 Å². The van der Waals surface area contributed by atoms with E-state index in [0.29, 0.717) is 17.7 Å². The van der Waals surface area contributed by atoms with Gasteiger partial charge in [-0.1, -0.05) is 12.1 Å². The van der Waals surface area contributed by atoms with Gasteiger partial charge in [0.05, 0.1) is 5.56 Å². The molecule has 17 heavy (non-hydrogen) atoms. The zero-order valence-corrected chi connectivity index (χ0v) is 10.4. The van der Waals surface area contributed by atoms with Crippen LogP contribution in [0.4, 0.5) is 0 Å². The zero-order chi connectivity index (χ0) is 12.8. The number of carbonyl (C=O) groups is 1. The molecule has 0 saturated carbocycles. The molecule has 4 N–H and O–H groups in total. The monoisotopic (exact) mass is 236 g/mol. The Morgan fingerprint density at radius 3 is 2.88 bits per heavy atom. The highest BCUT2D eigenvalue weighted by Crippen LogP contribution is 2.21. The fraction of sp³-hybridized carbons (Fsp3) is 0.462. The lowest BCUT2D eigenvalue weighted by Gasteiger charge is -2.14. The predicted octanol–water partition coefficient (Wildman–Crippen LogP) is 1.56. The molecule has 0 aliphatic carbocycles. The maximum Gasteiger partial charge on any atom is 0.255 e. The van der Waals surface area contributed by atoms with E-state index >= 15 is 0 Å². The minimum atomic E-state index is -0.240. The molecule has 0 aromatic heterocycles. The summed E-state index contributed by atoms with van der Waals surface area (Å²) in [5, 5.41) is 12.6. The highest BCUT2D eigenvalue weighted by atomic mass is 16.3. The third-order valence-corrected chi connectivity index (χ3v) is 2.70. The maximum atomic E-state index is 11.9. The summed E-state index contributed by atoms with van der Waals surface area (Å²) < 4.78 is 0. The molecule has 1 aromatic rings. The lowest BCUT2D eigenvalue weighted by Crippen LogP contribution is -2.33. The lowest BCUT2D eigenvalue weighted by molar-refractivity contribution is 0.0935. The molecule has 0 saturated heterocycles. The Labute approximate surface area is 102 Å². The van der Waals surface area contributed by atoms with E-state index in [1.807, 2.05) is 6.92 Å². The average molecular weight is 236 g/mol. The first-order valence-electron chi connectivity index (χ1n) is 5.85. The molecule has 0 bridgehead atoms. The van der Waals surface area contributed by atoms with Gasteiger partial charge in [0.25, 0.3) is 5.91 Å². The minimum absolute atomic E-state index is 0.0519. The van der Waals surface area contributed by atoms with Gasteiger partial charge in [0.2, 0.25) is 0 Å². The van der Waals surface area contributed by atoms with E-state index in [1.54, 1.807) is 25.1 Å². The van der Waals surface area contributed by atoms with Crippen molar-refractivity contribution >= 4 is 5.91 Å². The van der Waals surface area contributed by atoms with Gasteiger partial charge in [-0.3, -0.25) is 4.79 Å². The third kappa shape index (κ3) is 3.75. The van der Waals surface area contributed by atoms with Gasteiger partial charge in [0.1, 0.15) is 5.75 Å². The van der Waals surface area contributed by atoms with Crippen LogP contribution >= 0.6 is 0 Å².